The number of methoxy groups -OCH3 is 2. The van der Waals surface area contributed by atoms with Crippen LogP contribution in [0.5, 0.6) is 11.5 Å². The van der Waals surface area contributed by atoms with Gasteiger partial charge >= 0.3 is 0 Å². The Bertz CT molecular complexity index is 1280. The number of anilines is 2. The van der Waals surface area contributed by atoms with E-state index in [2.05, 4.69) is 5.32 Å². The largest absolute Gasteiger partial charge is 0.497 e. The second kappa shape index (κ2) is 10.4. The lowest BCUT2D eigenvalue weighted by atomic mass is 9.89. The van der Waals surface area contributed by atoms with E-state index in [1.807, 2.05) is 0 Å². The number of pyridine rings is 1. The lowest BCUT2D eigenvalue weighted by Gasteiger charge is -2.33. The summed E-state index contributed by atoms with van der Waals surface area (Å²) in [5, 5.41) is 3.05. The van der Waals surface area contributed by atoms with Crippen LogP contribution in [0.1, 0.15) is 34.7 Å². The SMILES string of the molecule is COc1ccc(Nc2c(C(=O)N3CCC(c4ccc(F)cc4)CC3)cn(C)c(=O)c2Cl)c(OC)c1. The van der Waals surface area contributed by atoms with Crippen molar-refractivity contribution in [1.82, 2.24) is 9.47 Å². The Morgan fingerprint density at radius 1 is 1.09 bits per heavy atom. The van der Waals surface area contributed by atoms with E-state index in [-0.39, 0.29) is 33.9 Å². The van der Waals surface area contributed by atoms with E-state index < -0.39 is 5.56 Å². The fraction of sp³-hybridized carbons (Fsp3) is 0.308. The highest BCUT2D eigenvalue weighted by Gasteiger charge is 2.28. The molecule has 1 amide bonds. The summed E-state index contributed by atoms with van der Waals surface area (Å²) in [5.74, 6) is 0.836. The lowest BCUT2D eigenvalue weighted by Crippen LogP contribution is -2.39. The topological polar surface area (TPSA) is 72.8 Å². The van der Waals surface area contributed by atoms with Crippen LogP contribution in [-0.2, 0) is 7.05 Å². The predicted molar refractivity (Wildman–Crippen MR) is 134 cm³/mol. The third kappa shape index (κ3) is 5.12. The van der Waals surface area contributed by atoms with Gasteiger partial charge in [0.05, 0.1) is 31.2 Å². The zero-order valence-electron chi connectivity index (χ0n) is 19.8. The molecule has 1 aromatic heterocycles. The molecular formula is C26H27ClFN3O4. The maximum absolute atomic E-state index is 13.6. The van der Waals surface area contributed by atoms with E-state index in [1.165, 1.54) is 30.0 Å². The van der Waals surface area contributed by atoms with Crippen LogP contribution >= 0.6 is 11.6 Å². The minimum Gasteiger partial charge on any atom is -0.497 e. The average molecular weight is 500 g/mol. The molecule has 0 spiro atoms. The lowest BCUT2D eigenvalue weighted by molar-refractivity contribution is 0.0713. The third-order valence-electron chi connectivity index (χ3n) is 6.34. The number of likely N-dealkylation sites (tertiary alicyclic amines) is 1. The summed E-state index contributed by atoms with van der Waals surface area (Å²) in [5.41, 5.74) is 1.69. The van der Waals surface area contributed by atoms with E-state index in [1.54, 1.807) is 49.4 Å². The van der Waals surface area contributed by atoms with Crippen molar-refractivity contribution >= 4 is 28.9 Å². The highest BCUT2D eigenvalue weighted by atomic mass is 35.5. The van der Waals surface area contributed by atoms with E-state index in [0.29, 0.717) is 30.3 Å². The van der Waals surface area contributed by atoms with Gasteiger partial charge in [-0.1, -0.05) is 23.7 Å². The molecule has 1 fully saturated rings. The molecule has 1 saturated heterocycles. The predicted octanol–water partition coefficient (Wildman–Crippen LogP) is 4.96. The first kappa shape index (κ1) is 24.6. The second-order valence-electron chi connectivity index (χ2n) is 8.46. The molecule has 2 aromatic carbocycles. The van der Waals surface area contributed by atoms with Crippen molar-refractivity contribution in [1.29, 1.82) is 0 Å². The molecule has 3 aromatic rings. The molecule has 0 radical (unpaired) electrons. The van der Waals surface area contributed by atoms with Crippen LogP contribution in [0.4, 0.5) is 15.8 Å². The Morgan fingerprint density at radius 3 is 2.40 bits per heavy atom. The Kier molecular flexibility index (Phi) is 7.31. The monoisotopic (exact) mass is 499 g/mol. The highest BCUT2D eigenvalue weighted by Crippen LogP contribution is 2.36. The van der Waals surface area contributed by atoms with Crippen molar-refractivity contribution in [3.8, 4) is 11.5 Å². The Hall–Kier alpha value is -3.52. The number of carbonyl (C=O) groups excluding carboxylic acids is 1. The summed E-state index contributed by atoms with van der Waals surface area (Å²) >= 11 is 6.44. The van der Waals surface area contributed by atoms with Gasteiger partial charge in [-0.3, -0.25) is 9.59 Å². The maximum atomic E-state index is 13.6. The van der Waals surface area contributed by atoms with Crippen molar-refractivity contribution in [2.45, 2.75) is 18.8 Å². The summed E-state index contributed by atoms with van der Waals surface area (Å²) in [6.45, 7) is 1.07. The molecule has 1 aliphatic rings. The summed E-state index contributed by atoms with van der Waals surface area (Å²) in [7, 11) is 4.63. The number of piperidine rings is 1. The number of benzene rings is 2. The molecule has 0 bridgehead atoms. The average Bonchev–Trinajstić information content (AvgIpc) is 2.89. The number of amides is 1. The van der Waals surface area contributed by atoms with E-state index in [0.717, 1.165) is 18.4 Å². The molecule has 184 valence electrons. The Balaban J connectivity index is 1.61. The Morgan fingerprint density at radius 2 is 1.77 bits per heavy atom. The minimum absolute atomic E-state index is 0.0857. The molecule has 0 atom stereocenters. The van der Waals surface area contributed by atoms with Crippen LogP contribution in [0, 0.1) is 5.82 Å². The van der Waals surface area contributed by atoms with Crippen LogP contribution in [0.2, 0.25) is 5.02 Å². The van der Waals surface area contributed by atoms with Gasteiger partial charge in [0.2, 0.25) is 0 Å². The molecule has 35 heavy (non-hydrogen) atoms. The highest BCUT2D eigenvalue weighted by molar-refractivity contribution is 6.34. The van der Waals surface area contributed by atoms with Gasteiger partial charge in [0.25, 0.3) is 11.5 Å². The fourth-order valence-corrected chi connectivity index (χ4v) is 4.62. The number of hydrogen-bond donors (Lipinski definition) is 1. The number of nitrogens with one attached hydrogen (secondary N) is 1. The minimum atomic E-state index is -0.423. The van der Waals surface area contributed by atoms with Crippen molar-refractivity contribution in [3.63, 3.8) is 0 Å². The van der Waals surface area contributed by atoms with Gasteiger partial charge in [0.15, 0.2) is 0 Å². The van der Waals surface area contributed by atoms with Crippen molar-refractivity contribution < 1.29 is 18.7 Å². The first-order valence-corrected chi connectivity index (χ1v) is 11.6. The first-order chi connectivity index (χ1) is 16.8. The summed E-state index contributed by atoms with van der Waals surface area (Å²) in [4.78, 5) is 27.9. The van der Waals surface area contributed by atoms with Crippen LogP contribution in [0.15, 0.2) is 53.5 Å². The number of hydrogen-bond acceptors (Lipinski definition) is 5. The number of carbonyl (C=O) groups is 1. The summed E-state index contributed by atoms with van der Waals surface area (Å²) in [6.07, 6.45) is 3.01. The number of aromatic nitrogens is 1. The zero-order valence-corrected chi connectivity index (χ0v) is 20.6. The van der Waals surface area contributed by atoms with Gasteiger partial charge in [0.1, 0.15) is 22.3 Å². The van der Waals surface area contributed by atoms with Crippen molar-refractivity contribution in [2.75, 3.05) is 32.6 Å². The van der Waals surface area contributed by atoms with Crippen LogP contribution in [0.3, 0.4) is 0 Å². The Labute approximate surface area is 208 Å². The van der Waals surface area contributed by atoms with Crippen molar-refractivity contribution in [2.24, 2.45) is 7.05 Å². The molecule has 7 nitrogen and oxygen atoms in total. The first-order valence-electron chi connectivity index (χ1n) is 11.2. The van der Waals surface area contributed by atoms with Gasteiger partial charge in [-0.05, 0) is 48.6 Å². The molecular weight excluding hydrogens is 473 g/mol. The van der Waals surface area contributed by atoms with Crippen LogP contribution < -0.4 is 20.3 Å². The number of aryl methyl sites for hydroxylation is 1. The van der Waals surface area contributed by atoms with Gasteiger partial charge in [-0.2, -0.15) is 0 Å². The van der Waals surface area contributed by atoms with Gasteiger partial charge in [-0.25, -0.2) is 4.39 Å². The summed E-state index contributed by atoms with van der Waals surface area (Å²) < 4.78 is 25.3. The molecule has 0 aliphatic carbocycles. The maximum Gasteiger partial charge on any atom is 0.271 e. The number of nitrogens with zero attached hydrogens (tertiary/aromatic N) is 2. The molecule has 4 rings (SSSR count). The summed E-state index contributed by atoms with van der Waals surface area (Å²) in [6, 6.07) is 11.7. The smallest absolute Gasteiger partial charge is 0.271 e. The fourth-order valence-electron chi connectivity index (χ4n) is 4.34. The number of halogens is 2. The third-order valence-corrected chi connectivity index (χ3v) is 6.69. The van der Waals surface area contributed by atoms with Crippen LogP contribution in [-0.4, -0.2) is 42.7 Å². The van der Waals surface area contributed by atoms with Gasteiger partial charge in [-0.15, -0.1) is 0 Å². The normalized spacial score (nSPS) is 14.0. The zero-order chi connectivity index (χ0) is 25.1. The van der Waals surface area contributed by atoms with Gasteiger partial charge < -0.3 is 24.3 Å². The van der Waals surface area contributed by atoms with Crippen LogP contribution in [0.25, 0.3) is 0 Å². The molecule has 9 heteroatoms. The molecule has 1 aliphatic heterocycles. The molecule has 1 N–H and O–H groups in total. The van der Waals surface area contributed by atoms with E-state index in [9.17, 15) is 14.0 Å². The van der Waals surface area contributed by atoms with Crippen molar-refractivity contribution in [3.05, 3.63) is 81.0 Å². The van der Waals surface area contributed by atoms with E-state index in [4.69, 9.17) is 21.1 Å². The van der Waals surface area contributed by atoms with Gasteiger partial charge in [0, 0.05) is 32.4 Å². The quantitative estimate of drug-likeness (QED) is 0.519. The number of rotatable bonds is 6. The van der Waals surface area contributed by atoms with E-state index >= 15 is 0 Å². The molecule has 0 unspecified atom stereocenters. The molecule has 2 heterocycles. The second-order valence-corrected chi connectivity index (χ2v) is 8.84. The molecule has 0 saturated carbocycles. The number of ether oxygens (including phenoxy) is 2. The standard InChI is InChI=1S/C26H27ClFN3O4/c1-30-15-20(25(32)31-12-10-17(11-13-31)16-4-6-18(28)7-5-16)24(23(27)26(30)33)29-21-9-8-19(34-2)14-22(21)35-3/h4-9,14-15,17,29H,10-13H2,1-3H3.